The molecular weight excluding hydrogens is 318 g/mol. The van der Waals surface area contributed by atoms with Crippen molar-refractivity contribution in [2.45, 2.75) is 11.3 Å². The summed E-state index contributed by atoms with van der Waals surface area (Å²) in [7, 11) is 0. The van der Waals surface area contributed by atoms with Crippen molar-refractivity contribution in [1.29, 1.82) is 5.26 Å². The number of nitriles is 1. The molecule has 6 heteroatoms. The fraction of sp³-hybridized carbons (Fsp3) is 0.125. The van der Waals surface area contributed by atoms with Gasteiger partial charge in [0.25, 0.3) is 0 Å². The number of urea groups is 1. The first-order valence-corrected chi connectivity index (χ1v) is 7.82. The third-order valence-corrected chi connectivity index (χ3v) is 3.74. The second-order valence-electron chi connectivity index (χ2n) is 4.48. The monoisotopic (exact) mass is 331 g/mol. The number of rotatable bonds is 5. The molecule has 0 unspecified atom stereocenters. The molecule has 0 aliphatic rings. The van der Waals surface area contributed by atoms with Gasteiger partial charge in [0.1, 0.15) is 5.40 Å². The van der Waals surface area contributed by atoms with Gasteiger partial charge in [-0.1, -0.05) is 23.7 Å². The first-order valence-electron chi connectivity index (χ1n) is 6.62. The van der Waals surface area contributed by atoms with Gasteiger partial charge in [0.2, 0.25) is 0 Å². The number of carbonyl (C=O) groups is 1. The highest BCUT2D eigenvalue weighted by Gasteiger charge is 2.02. The zero-order valence-corrected chi connectivity index (χ0v) is 13.2. The number of thiocyanates is 1. The Kier molecular flexibility index (Phi) is 6.13. The second kappa shape index (κ2) is 8.32. The molecule has 2 aromatic rings. The minimum atomic E-state index is -0.255. The molecule has 2 rings (SSSR count). The van der Waals surface area contributed by atoms with E-state index in [9.17, 15) is 4.79 Å². The van der Waals surface area contributed by atoms with Gasteiger partial charge in [0.05, 0.1) is 0 Å². The molecule has 22 heavy (non-hydrogen) atoms. The zero-order valence-electron chi connectivity index (χ0n) is 11.7. The number of carbonyl (C=O) groups excluding carboxylic acids is 1. The number of hydrogen-bond donors (Lipinski definition) is 2. The van der Waals surface area contributed by atoms with Crippen LogP contribution in [0, 0.1) is 10.7 Å². The average molecular weight is 332 g/mol. The maximum absolute atomic E-state index is 11.8. The smallest absolute Gasteiger partial charge is 0.319 e. The lowest BCUT2D eigenvalue weighted by Gasteiger charge is -2.08. The Hall–Kier alpha value is -2.16. The Labute approximate surface area is 138 Å². The van der Waals surface area contributed by atoms with E-state index in [2.05, 4.69) is 10.6 Å². The molecule has 112 valence electrons. The van der Waals surface area contributed by atoms with E-state index in [1.54, 1.807) is 24.3 Å². The zero-order chi connectivity index (χ0) is 15.8. The van der Waals surface area contributed by atoms with Crippen molar-refractivity contribution in [2.75, 3.05) is 11.9 Å². The largest absolute Gasteiger partial charge is 0.338 e. The van der Waals surface area contributed by atoms with Gasteiger partial charge in [-0.2, -0.15) is 5.26 Å². The number of anilines is 1. The maximum atomic E-state index is 11.8. The predicted molar refractivity (Wildman–Crippen MR) is 90.1 cm³/mol. The highest BCUT2D eigenvalue weighted by Crippen LogP contribution is 2.18. The summed E-state index contributed by atoms with van der Waals surface area (Å²) in [6.07, 6.45) is 0.738. The standard InChI is InChI=1S/C16H14ClN3OS/c17-13-3-1-12(2-4-13)9-10-19-16(21)20-14-5-7-15(8-6-14)22-11-18/h1-8H,9-10H2,(H2,19,20,21). The van der Waals surface area contributed by atoms with Gasteiger partial charge in [-0.25, -0.2) is 4.79 Å². The van der Waals surface area contributed by atoms with Gasteiger partial charge in [-0.3, -0.25) is 0 Å². The van der Waals surface area contributed by atoms with Crippen LogP contribution in [0.3, 0.4) is 0 Å². The number of nitrogens with one attached hydrogen (secondary N) is 2. The number of thioether (sulfide) groups is 1. The van der Waals surface area contributed by atoms with Crippen molar-refractivity contribution < 1.29 is 4.79 Å². The van der Waals surface area contributed by atoms with Crippen molar-refractivity contribution in [3.8, 4) is 5.40 Å². The molecule has 0 aromatic heterocycles. The summed E-state index contributed by atoms with van der Waals surface area (Å²) >= 11 is 6.90. The highest BCUT2D eigenvalue weighted by atomic mass is 35.5. The first kappa shape index (κ1) is 16.2. The lowest BCUT2D eigenvalue weighted by Crippen LogP contribution is -2.30. The van der Waals surface area contributed by atoms with Gasteiger partial charge in [0.15, 0.2) is 0 Å². The fourth-order valence-electron chi connectivity index (χ4n) is 1.81. The first-order chi connectivity index (χ1) is 10.7. The van der Waals surface area contributed by atoms with Crippen LogP contribution >= 0.6 is 23.4 Å². The van der Waals surface area contributed by atoms with Gasteiger partial charge >= 0.3 is 6.03 Å². The van der Waals surface area contributed by atoms with E-state index < -0.39 is 0 Å². The summed E-state index contributed by atoms with van der Waals surface area (Å²) in [5.74, 6) is 0. The molecule has 0 atom stereocenters. The summed E-state index contributed by atoms with van der Waals surface area (Å²) in [6, 6.07) is 14.4. The van der Waals surface area contributed by atoms with E-state index in [4.69, 9.17) is 16.9 Å². The van der Waals surface area contributed by atoms with Crippen molar-refractivity contribution in [3.63, 3.8) is 0 Å². The van der Waals surface area contributed by atoms with Crippen LogP contribution in [0.25, 0.3) is 0 Å². The van der Waals surface area contributed by atoms with Crippen LogP contribution in [0.4, 0.5) is 10.5 Å². The number of halogens is 1. The Balaban J connectivity index is 1.75. The molecule has 4 nitrogen and oxygen atoms in total. The molecule has 0 aliphatic carbocycles. The van der Waals surface area contributed by atoms with E-state index in [1.165, 1.54) is 0 Å². The summed E-state index contributed by atoms with van der Waals surface area (Å²) in [5, 5.41) is 16.8. The topological polar surface area (TPSA) is 64.9 Å². The number of benzene rings is 2. The van der Waals surface area contributed by atoms with Crippen LogP contribution in [0.5, 0.6) is 0 Å². The molecule has 2 amide bonds. The van der Waals surface area contributed by atoms with Crippen molar-refractivity contribution in [2.24, 2.45) is 0 Å². The Morgan fingerprint density at radius 1 is 1.14 bits per heavy atom. The molecule has 2 aromatic carbocycles. The number of nitrogens with zero attached hydrogens (tertiary/aromatic N) is 1. The van der Waals surface area contributed by atoms with E-state index in [-0.39, 0.29) is 6.03 Å². The van der Waals surface area contributed by atoms with Crippen molar-refractivity contribution >= 4 is 35.1 Å². The van der Waals surface area contributed by atoms with Crippen molar-refractivity contribution in [3.05, 3.63) is 59.1 Å². The van der Waals surface area contributed by atoms with Crippen LogP contribution in [0.1, 0.15) is 5.56 Å². The van der Waals surface area contributed by atoms with Gasteiger partial charge < -0.3 is 10.6 Å². The summed E-state index contributed by atoms with van der Waals surface area (Å²) < 4.78 is 0. The van der Waals surface area contributed by atoms with E-state index in [0.717, 1.165) is 28.6 Å². The molecular formula is C16H14ClN3OS. The van der Waals surface area contributed by atoms with Crippen LogP contribution in [0.2, 0.25) is 5.02 Å². The minimum Gasteiger partial charge on any atom is -0.338 e. The third-order valence-electron chi connectivity index (χ3n) is 2.89. The molecule has 0 saturated heterocycles. The molecule has 0 radical (unpaired) electrons. The molecule has 0 spiro atoms. The fourth-order valence-corrected chi connectivity index (χ4v) is 2.31. The third kappa shape index (κ3) is 5.32. The molecule has 0 aliphatic heterocycles. The van der Waals surface area contributed by atoms with Gasteiger partial charge in [-0.15, -0.1) is 0 Å². The maximum Gasteiger partial charge on any atom is 0.319 e. The normalized spacial score (nSPS) is 9.82. The van der Waals surface area contributed by atoms with Crippen LogP contribution in [0.15, 0.2) is 53.4 Å². The van der Waals surface area contributed by atoms with Crippen LogP contribution in [-0.2, 0) is 6.42 Å². The summed E-state index contributed by atoms with van der Waals surface area (Å²) in [4.78, 5) is 12.6. The highest BCUT2D eigenvalue weighted by molar-refractivity contribution is 8.03. The van der Waals surface area contributed by atoms with E-state index >= 15 is 0 Å². The lowest BCUT2D eigenvalue weighted by molar-refractivity contribution is 0.252. The molecule has 0 saturated carbocycles. The van der Waals surface area contributed by atoms with Gasteiger partial charge in [-0.05, 0) is 60.1 Å². The SMILES string of the molecule is N#CSc1ccc(NC(=O)NCCc2ccc(Cl)cc2)cc1. The van der Waals surface area contributed by atoms with Gasteiger partial charge in [0, 0.05) is 22.2 Å². The van der Waals surface area contributed by atoms with Crippen LogP contribution < -0.4 is 10.6 Å². The summed E-state index contributed by atoms with van der Waals surface area (Å²) in [5.41, 5.74) is 1.80. The van der Waals surface area contributed by atoms with E-state index in [1.807, 2.05) is 29.7 Å². The quantitative estimate of drug-likeness (QED) is 0.635. The number of amides is 2. The average Bonchev–Trinajstić information content (AvgIpc) is 2.51. The van der Waals surface area contributed by atoms with Crippen LogP contribution in [-0.4, -0.2) is 12.6 Å². The minimum absolute atomic E-state index is 0.255. The molecule has 0 bridgehead atoms. The Bertz CT molecular complexity index is 665. The Morgan fingerprint density at radius 3 is 2.45 bits per heavy atom. The van der Waals surface area contributed by atoms with E-state index in [0.29, 0.717) is 17.3 Å². The number of hydrogen-bond acceptors (Lipinski definition) is 3. The molecule has 0 fully saturated rings. The molecule has 0 heterocycles. The lowest BCUT2D eigenvalue weighted by atomic mass is 10.1. The molecule has 2 N–H and O–H groups in total. The predicted octanol–water partition coefficient (Wildman–Crippen LogP) is 4.28. The Morgan fingerprint density at radius 2 is 1.82 bits per heavy atom. The summed E-state index contributed by atoms with van der Waals surface area (Å²) in [6.45, 7) is 0.538. The second-order valence-corrected chi connectivity index (χ2v) is 5.77. The van der Waals surface area contributed by atoms with Crippen molar-refractivity contribution in [1.82, 2.24) is 5.32 Å².